The molecule has 0 rings (SSSR count). The van der Waals surface area contributed by atoms with E-state index in [2.05, 4.69) is 20.8 Å². The summed E-state index contributed by atoms with van der Waals surface area (Å²) >= 11 is 0. The average molecular weight is 264 g/mol. The van der Waals surface area contributed by atoms with E-state index in [-0.39, 0.29) is 36.6 Å². The van der Waals surface area contributed by atoms with Crippen molar-refractivity contribution in [2.24, 2.45) is 11.1 Å². The molecule has 106 valence electrons. The van der Waals surface area contributed by atoms with Crippen LogP contribution in [0, 0.1) is 28.1 Å². The van der Waals surface area contributed by atoms with Crippen LogP contribution in [0.25, 0.3) is 0 Å². The number of nitriles is 2. The summed E-state index contributed by atoms with van der Waals surface area (Å²) in [5, 5.41) is 17.2. The number of rotatable bonds is 7. The van der Waals surface area contributed by atoms with E-state index in [1.165, 1.54) is 0 Å². The quantitative estimate of drug-likeness (QED) is 0.758. The molecule has 0 saturated carbocycles. The Balaban J connectivity index is 4.38. The highest BCUT2D eigenvalue weighted by Crippen LogP contribution is 2.21. The normalized spacial score (nSPS) is 12.3. The first kappa shape index (κ1) is 17.4. The van der Waals surface area contributed by atoms with Gasteiger partial charge in [0.05, 0.1) is 25.0 Å². The van der Waals surface area contributed by atoms with Crippen LogP contribution in [-0.2, 0) is 4.79 Å². The van der Waals surface area contributed by atoms with Crippen molar-refractivity contribution in [1.29, 1.82) is 10.5 Å². The molecular weight excluding hydrogens is 240 g/mol. The van der Waals surface area contributed by atoms with Crippen LogP contribution in [0.15, 0.2) is 0 Å². The van der Waals surface area contributed by atoms with E-state index in [1.807, 2.05) is 12.1 Å². The molecule has 5 nitrogen and oxygen atoms in total. The fraction of sp³-hybridized carbons (Fsp3) is 0.786. The van der Waals surface area contributed by atoms with E-state index in [0.29, 0.717) is 13.1 Å². The van der Waals surface area contributed by atoms with Gasteiger partial charge in [0.1, 0.15) is 0 Å². The molecule has 0 aromatic rings. The van der Waals surface area contributed by atoms with Crippen LogP contribution in [0.5, 0.6) is 0 Å². The van der Waals surface area contributed by atoms with Crippen molar-refractivity contribution in [2.75, 3.05) is 13.1 Å². The van der Waals surface area contributed by atoms with Gasteiger partial charge in [-0.3, -0.25) is 4.79 Å². The summed E-state index contributed by atoms with van der Waals surface area (Å²) < 4.78 is 0. The lowest BCUT2D eigenvalue weighted by Crippen LogP contribution is -2.38. The van der Waals surface area contributed by atoms with Gasteiger partial charge in [-0.2, -0.15) is 10.5 Å². The Kier molecular flexibility index (Phi) is 7.79. The fourth-order valence-corrected chi connectivity index (χ4v) is 1.94. The van der Waals surface area contributed by atoms with Crippen LogP contribution < -0.4 is 5.73 Å². The van der Waals surface area contributed by atoms with Crippen molar-refractivity contribution in [3.63, 3.8) is 0 Å². The van der Waals surface area contributed by atoms with Crippen LogP contribution in [0.1, 0.15) is 46.5 Å². The molecule has 0 bridgehead atoms. The summed E-state index contributed by atoms with van der Waals surface area (Å²) in [5.74, 6) is -0.0674. The monoisotopic (exact) mass is 264 g/mol. The standard InChI is InChI=1S/C14H24N4O/c1-14(2,3)11-12(17)10-13(19)18(8-4-6-15)9-5-7-16/h12H,4-5,8-11,17H2,1-3H3. The minimum atomic E-state index is -0.181. The molecule has 0 heterocycles. The zero-order chi connectivity index (χ0) is 14.9. The highest BCUT2D eigenvalue weighted by Gasteiger charge is 2.21. The van der Waals surface area contributed by atoms with E-state index in [1.54, 1.807) is 4.90 Å². The summed E-state index contributed by atoms with van der Waals surface area (Å²) in [6.07, 6.45) is 1.61. The minimum Gasteiger partial charge on any atom is -0.341 e. The lowest BCUT2D eigenvalue weighted by atomic mass is 9.87. The van der Waals surface area contributed by atoms with Crippen LogP contribution in [0.3, 0.4) is 0 Å². The summed E-state index contributed by atoms with van der Waals surface area (Å²) in [6.45, 7) is 7.00. The third-order valence-electron chi connectivity index (χ3n) is 2.65. The molecule has 0 aliphatic carbocycles. The fourth-order valence-electron chi connectivity index (χ4n) is 1.94. The molecule has 19 heavy (non-hydrogen) atoms. The first-order valence-electron chi connectivity index (χ1n) is 6.57. The molecule has 0 aliphatic rings. The Morgan fingerprint density at radius 1 is 1.21 bits per heavy atom. The molecule has 0 saturated heterocycles. The Morgan fingerprint density at radius 3 is 2.05 bits per heavy atom. The number of hydrogen-bond donors (Lipinski definition) is 1. The average Bonchev–Trinajstić information content (AvgIpc) is 2.26. The topological polar surface area (TPSA) is 93.9 Å². The number of carbonyl (C=O) groups is 1. The second kappa shape index (κ2) is 8.50. The Bertz CT molecular complexity index is 341. The zero-order valence-electron chi connectivity index (χ0n) is 12.1. The van der Waals surface area contributed by atoms with Gasteiger partial charge in [0.15, 0.2) is 0 Å². The van der Waals surface area contributed by atoms with E-state index in [4.69, 9.17) is 16.3 Å². The molecular formula is C14H24N4O. The maximum absolute atomic E-state index is 12.1. The second-order valence-electron chi connectivity index (χ2n) is 5.93. The van der Waals surface area contributed by atoms with Gasteiger partial charge in [0, 0.05) is 25.6 Å². The first-order valence-corrected chi connectivity index (χ1v) is 6.57. The molecule has 0 spiro atoms. The van der Waals surface area contributed by atoms with Gasteiger partial charge in [-0.25, -0.2) is 0 Å². The first-order chi connectivity index (χ1) is 8.80. The molecule has 0 aromatic carbocycles. The van der Waals surface area contributed by atoms with Gasteiger partial charge in [0.2, 0.25) is 5.91 Å². The molecule has 2 N–H and O–H groups in total. The number of nitrogens with two attached hydrogens (primary N) is 1. The van der Waals surface area contributed by atoms with E-state index in [0.717, 1.165) is 6.42 Å². The van der Waals surface area contributed by atoms with Crippen LogP contribution >= 0.6 is 0 Å². The predicted octanol–water partition coefficient (Wildman–Crippen LogP) is 1.80. The highest BCUT2D eigenvalue weighted by atomic mass is 16.2. The van der Waals surface area contributed by atoms with E-state index in [9.17, 15) is 4.79 Å². The van der Waals surface area contributed by atoms with Crippen molar-refractivity contribution in [1.82, 2.24) is 4.90 Å². The van der Waals surface area contributed by atoms with Crippen molar-refractivity contribution in [3.8, 4) is 12.1 Å². The number of nitrogens with zero attached hydrogens (tertiary/aromatic N) is 3. The smallest absolute Gasteiger partial charge is 0.224 e. The SMILES string of the molecule is CC(C)(C)CC(N)CC(=O)N(CCC#N)CCC#N. The lowest BCUT2D eigenvalue weighted by Gasteiger charge is -2.26. The van der Waals surface area contributed by atoms with Crippen molar-refractivity contribution < 1.29 is 4.79 Å². The Hall–Kier alpha value is -1.59. The minimum absolute atomic E-state index is 0.0674. The van der Waals surface area contributed by atoms with Crippen LogP contribution in [0.2, 0.25) is 0 Å². The Labute approximate surface area is 116 Å². The lowest BCUT2D eigenvalue weighted by molar-refractivity contribution is -0.131. The van der Waals surface area contributed by atoms with Gasteiger partial charge in [-0.05, 0) is 11.8 Å². The van der Waals surface area contributed by atoms with Crippen LogP contribution in [-0.4, -0.2) is 29.9 Å². The third-order valence-corrected chi connectivity index (χ3v) is 2.65. The van der Waals surface area contributed by atoms with E-state index >= 15 is 0 Å². The van der Waals surface area contributed by atoms with Gasteiger partial charge in [-0.15, -0.1) is 0 Å². The van der Waals surface area contributed by atoms with Gasteiger partial charge in [-0.1, -0.05) is 20.8 Å². The Morgan fingerprint density at radius 2 is 1.68 bits per heavy atom. The number of amides is 1. The van der Waals surface area contributed by atoms with Crippen molar-refractivity contribution in [2.45, 2.75) is 52.5 Å². The van der Waals surface area contributed by atoms with E-state index < -0.39 is 0 Å². The number of carbonyl (C=O) groups excluding carboxylic acids is 1. The summed E-state index contributed by atoms with van der Waals surface area (Å²) in [7, 11) is 0. The molecule has 0 aliphatic heterocycles. The summed E-state index contributed by atoms with van der Waals surface area (Å²) in [4.78, 5) is 13.6. The van der Waals surface area contributed by atoms with Gasteiger partial charge < -0.3 is 10.6 Å². The second-order valence-corrected chi connectivity index (χ2v) is 5.93. The molecule has 1 unspecified atom stereocenters. The summed E-state index contributed by atoms with van der Waals surface area (Å²) in [6, 6.07) is 3.84. The maximum Gasteiger partial charge on any atom is 0.224 e. The van der Waals surface area contributed by atoms with Crippen molar-refractivity contribution >= 4 is 5.91 Å². The molecule has 5 heteroatoms. The molecule has 0 radical (unpaired) electrons. The predicted molar refractivity (Wildman–Crippen MR) is 73.7 cm³/mol. The molecule has 1 atom stereocenters. The molecule has 1 amide bonds. The third kappa shape index (κ3) is 9.04. The molecule has 0 fully saturated rings. The van der Waals surface area contributed by atoms with Crippen molar-refractivity contribution in [3.05, 3.63) is 0 Å². The zero-order valence-corrected chi connectivity index (χ0v) is 12.1. The van der Waals surface area contributed by atoms with Gasteiger partial charge in [0.25, 0.3) is 0 Å². The largest absolute Gasteiger partial charge is 0.341 e. The highest BCUT2D eigenvalue weighted by molar-refractivity contribution is 5.76. The van der Waals surface area contributed by atoms with Crippen LogP contribution in [0.4, 0.5) is 0 Å². The number of hydrogen-bond acceptors (Lipinski definition) is 4. The maximum atomic E-state index is 12.1. The molecule has 0 aromatic heterocycles. The summed E-state index contributed by atoms with van der Waals surface area (Å²) in [5.41, 5.74) is 6.07. The van der Waals surface area contributed by atoms with Gasteiger partial charge >= 0.3 is 0 Å².